The minimum absolute atomic E-state index is 0. The minimum atomic E-state index is -0.135. The van der Waals surface area contributed by atoms with E-state index in [2.05, 4.69) is 45.1 Å². The van der Waals surface area contributed by atoms with Crippen molar-refractivity contribution in [2.45, 2.75) is 47.0 Å². The molecule has 0 bridgehead atoms. The molecule has 18 heavy (non-hydrogen) atoms. The van der Waals surface area contributed by atoms with Crippen LogP contribution < -0.4 is 5.32 Å². The molecule has 0 heterocycles. The van der Waals surface area contributed by atoms with Gasteiger partial charge in [0.1, 0.15) is 0 Å². The molecule has 0 saturated heterocycles. The molecule has 0 aliphatic heterocycles. The van der Waals surface area contributed by atoms with Crippen LogP contribution in [-0.4, -0.2) is 5.91 Å². The van der Waals surface area contributed by atoms with Gasteiger partial charge in [0.05, 0.1) is 0 Å². The summed E-state index contributed by atoms with van der Waals surface area (Å²) in [6.07, 6.45) is 3.21. The normalized spacial score (nSPS) is 16.4. The van der Waals surface area contributed by atoms with Crippen LogP contribution in [-0.2, 0) is 37.5 Å². The Balaban J connectivity index is 0.00000162. The summed E-state index contributed by atoms with van der Waals surface area (Å²) in [5, 5.41) is 3.11. The number of aryl methyl sites for hydroxylation is 3. The smallest absolute Gasteiger partial charge is 0.230 e. The number of carbonyl (C=O) groups excluding carboxylic acids is 1. The number of anilines is 1. The number of benzene rings is 1. The van der Waals surface area contributed by atoms with Gasteiger partial charge in [0, 0.05) is 43.8 Å². The van der Waals surface area contributed by atoms with Crippen molar-refractivity contribution in [3.63, 3.8) is 0 Å². The van der Waals surface area contributed by atoms with Gasteiger partial charge >= 0.3 is 0 Å². The fraction of sp³-hybridized carbons (Fsp3) is 0.533. The molecule has 1 amide bonds. The van der Waals surface area contributed by atoms with Crippen LogP contribution in [0.4, 0.5) is 5.69 Å². The first kappa shape index (κ1) is 15.9. The molecule has 0 aromatic heterocycles. The quantitative estimate of drug-likeness (QED) is 0.884. The zero-order valence-corrected chi connectivity index (χ0v) is 14.6. The third-order valence-corrected chi connectivity index (χ3v) is 3.92. The van der Waals surface area contributed by atoms with Crippen molar-refractivity contribution in [1.29, 1.82) is 0 Å². The van der Waals surface area contributed by atoms with E-state index < -0.39 is 0 Å². The van der Waals surface area contributed by atoms with Gasteiger partial charge in [-0.15, -0.1) is 0 Å². The van der Waals surface area contributed by atoms with Crippen molar-refractivity contribution >= 4 is 11.6 Å². The van der Waals surface area contributed by atoms with Crippen LogP contribution in [0.2, 0.25) is 0 Å². The fourth-order valence-corrected chi connectivity index (χ4v) is 2.58. The summed E-state index contributed by atoms with van der Waals surface area (Å²) in [6, 6.07) is 4.23. The Morgan fingerprint density at radius 3 is 2.06 bits per heavy atom. The van der Waals surface area contributed by atoms with Gasteiger partial charge < -0.3 is 5.32 Å². The van der Waals surface area contributed by atoms with E-state index in [0.29, 0.717) is 0 Å². The van der Waals surface area contributed by atoms with Crippen LogP contribution in [0, 0.1) is 26.2 Å². The molecular formula is C15H21NOY. The number of nitrogens with one attached hydrogen (secondary N) is 1. The molecule has 1 aromatic carbocycles. The number of carbonyl (C=O) groups is 1. The van der Waals surface area contributed by atoms with E-state index in [1.165, 1.54) is 12.0 Å². The monoisotopic (exact) mass is 320 g/mol. The summed E-state index contributed by atoms with van der Waals surface area (Å²) >= 11 is 0. The van der Waals surface area contributed by atoms with E-state index in [0.717, 1.165) is 29.7 Å². The van der Waals surface area contributed by atoms with Gasteiger partial charge in [-0.05, 0) is 44.7 Å². The van der Waals surface area contributed by atoms with E-state index in [4.69, 9.17) is 0 Å². The molecule has 0 unspecified atom stereocenters. The zero-order chi connectivity index (χ0) is 12.6. The maximum atomic E-state index is 12.2. The van der Waals surface area contributed by atoms with E-state index >= 15 is 0 Å². The first-order chi connectivity index (χ1) is 7.92. The molecule has 0 atom stereocenters. The van der Waals surface area contributed by atoms with Gasteiger partial charge in [-0.1, -0.05) is 31.0 Å². The van der Waals surface area contributed by atoms with Crippen LogP contribution >= 0.6 is 0 Å². The van der Waals surface area contributed by atoms with Gasteiger partial charge in [-0.2, -0.15) is 0 Å². The first-order valence-corrected chi connectivity index (χ1v) is 6.32. The van der Waals surface area contributed by atoms with Gasteiger partial charge in [0.25, 0.3) is 0 Å². The Kier molecular flexibility index (Phi) is 5.14. The molecule has 1 aliphatic carbocycles. The predicted molar refractivity (Wildman–Crippen MR) is 71.2 cm³/mol. The van der Waals surface area contributed by atoms with Gasteiger partial charge in [-0.25, -0.2) is 0 Å². The summed E-state index contributed by atoms with van der Waals surface area (Å²) in [5.74, 6) is 0.179. The molecule has 0 spiro atoms. The first-order valence-electron chi connectivity index (χ1n) is 6.32. The molecule has 1 aliphatic rings. The van der Waals surface area contributed by atoms with Gasteiger partial charge in [-0.3, -0.25) is 4.79 Å². The molecule has 1 radical (unpaired) electrons. The van der Waals surface area contributed by atoms with E-state index in [1.807, 2.05) is 0 Å². The van der Waals surface area contributed by atoms with Crippen molar-refractivity contribution in [3.8, 4) is 0 Å². The van der Waals surface area contributed by atoms with Crippen molar-refractivity contribution in [1.82, 2.24) is 0 Å². The van der Waals surface area contributed by atoms with E-state index in [1.54, 1.807) is 0 Å². The SMILES string of the molecule is Cc1cc(C)c(NC(=O)C2(C)CCC2)c(C)c1.[Y]. The summed E-state index contributed by atoms with van der Waals surface area (Å²) in [5.41, 5.74) is 4.41. The Bertz CT molecular complexity index is 441. The minimum Gasteiger partial charge on any atom is -0.325 e. The second kappa shape index (κ2) is 5.84. The van der Waals surface area contributed by atoms with Crippen LogP contribution in [0.15, 0.2) is 12.1 Å². The molecule has 1 fully saturated rings. The molecular weight excluding hydrogens is 299 g/mol. The number of amides is 1. The van der Waals surface area contributed by atoms with Crippen LogP contribution in [0.1, 0.15) is 42.9 Å². The standard InChI is InChI=1S/C15H21NO.Y/c1-10-8-11(2)13(12(3)9-10)16-14(17)15(4)6-5-7-15;/h8-9H,5-7H2,1-4H3,(H,16,17);. The van der Waals surface area contributed by atoms with Crippen molar-refractivity contribution in [2.24, 2.45) is 5.41 Å². The maximum absolute atomic E-state index is 12.2. The van der Waals surface area contributed by atoms with E-state index in [9.17, 15) is 4.79 Å². The van der Waals surface area contributed by atoms with Gasteiger partial charge in [0.15, 0.2) is 0 Å². The van der Waals surface area contributed by atoms with Crippen molar-refractivity contribution in [3.05, 3.63) is 28.8 Å². The van der Waals surface area contributed by atoms with Crippen LogP contribution in [0.25, 0.3) is 0 Å². The molecule has 1 saturated carbocycles. The Labute approximate surface area is 135 Å². The predicted octanol–water partition coefficient (Wildman–Crippen LogP) is 3.74. The summed E-state index contributed by atoms with van der Waals surface area (Å²) in [4.78, 5) is 12.2. The number of hydrogen-bond acceptors (Lipinski definition) is 1. The summed E-state index contributed by atoms with van der Waals surface area (Å²) in [7, 11) is 0. The third kappa shape index (κ3) is 3.03. The second-order valence-electron chi connectivity index (χ2n) is 5.64. The Morgan fingerprint density at radius 2 is 1.67 bits per heavy atom. The molecule has 2 nitrogen and oxygen atoms in total. The number of hydrogen-bond donors (Lipinski definition) is 1. The van der Waals surface area contributed by atoms with E-state index in [-0.39, 0.29) is 44.0 Å². The Morgan fingerprint density at radius 1 is 1.17 bits per heavy atom. The zero-order valence-electron chi connectivity index (χ0n) is 11.8. The van der Waals surface area contributed by atoms with Gasteiger partial charge in [0.2, 0.25) is 5.91 Å². The largest absolute Gasteiger partial charge is 0.325 e. The van der Waals surface area contributed by atoms with Crippen LogP contribution in [0.5, 0.6) is 0 Å². The van der Waals surface area contributed by atoms with Crippen LogP contribution in [0.3, 0.4) is 0 Å². The fourth-order valence-electron chi connectivity index (χ4n) is 2.58. The average molecular weight is 320 g/mol. The summed E-state index contributed by atoms with van der Waals surface area (Å²) in [6.45, 7) is 8.25. The average Bonchev–Trinajstić information content (AvgIpc) is 2.19. The third-order valence-electron chi connectivity index (χ3n) is 3.92. The number of rotatable bonds is 2. The topological polar surface area (TPSA) is 29.1 Å². The Hall–Kier alpha value is -0.206. The molecule has 1 N–H and O–H groups in total. The van der Waals surface area contributed by atoms with Crippen molar-refractivity contribution < 1.29 is 37.5 Å². The molecule has 3 heteroatoms. The molecule has 2 rings (SSSR count). The second-order valence-corrected chi connectivity index (χ2v) is 5.64. The molecule has 95 valence electrons. The summed E-state index contributed by atoms with van der Waals surface area (Å²) < 4.78 is 0. The maximum Gasteiger partial charge on any atom is 0.230 e. The van der Waals surface area contributed by atoms with Crippen molar-refractivity contribution in [2.75, 3.05) is 5.32 Å². The molecule has 1 aromatic rings.